The molecular formula is C19H22N4OS. The van der Waals surface area contributed by atoms with Crippen molar-refractivity contribution in [1.29, 1.82) is 5.26 Å². The molecule has 130 valence electrons. The first-order valence-corrected chi connectivity index (χ1v) is 9.23. The summed E-state index contributed by atoms with van der Waals surface area (Å²) in [6.07, 6.45) is 0.689. The summed E-state index contributed by atoms with van der Waals surface area (Å²) in [4.78, 5) is 20.9. The van der Waals surface area contributed by atoms with Crippen LogP contribution in [0.2, 0.25) is 0 Å². The number of carbonyl (C=O) groups excluding carboxylic acids is 1. The number of hydrogen-bond donors (Lipinski definition) is 1. The largest absolute Gasteiger partial charge is 0.325 e. The Bertz CT molecular complexity index is 812. The van der Waals surface area contributed by atoms with Crippen LogP contribution in [0.25, 0.3) is 0 Å². The molecule has 0 fully saturated rings. The molecule has 0 unspecified atom stereocenters. The lowest BCUT2D eigenvalue weighted by molar-refractivity contribution is -0.113. The molecular weight excluding hydrogens is 332 g/mol. The highest BCUT2D eigenvalue weighted by molar-refractivity contribution is 8.00. The number of anilines is 1. The van der Waals surface area contributed by atoms with E-state index in [1.807, 2.05) is 31.2 Å². The number of amides is 1. The van der Waals surface area contributed by atoms with Crippen LogP contribution in [-0.4, -0.2) is 21.6 Å². The van der Waals surface area contributed by atoms with E-state index in [1.165, 1.54) is 17.3 Å². The molecule has 2 aromatic rings. The third-order valence-corrected chi connectivity index (χ3v) is 4.68. The lowest BCUT2D eigenvalue weighted by atomic mass is 10.0. The summed E-state index contributed by atoms with van der Waals surface area (Å²) in [5, 5.41) is 12.8. The number of nitrogens with zero attached hydrogens (tertiary/aromatic N) is 3. The summed E-state index contributed by atoms with van der Waals surface area (Å²) >= 11 is 1.27. The molecule has 1 amide bonds. The fraction of sp³-hybridized carbons (Fsp3) is 0.368. The summed E-state index contributed by atoms with van der Waals surface area (Å²) in [7, 11) is 0. The standard InChI is InChI=1S/C19H22N4OS/c1-5-17-21-13(4)16(10-20)19(23-17)25-11-18(24)22-15-8-6-7-14(9-15)12(2)3/h6-9,12H,5,11H2,1-4H3,(H,22,24). The Hall–Kier alpha value is -2.39. The number of benzene rings is 1. The van der Waals surface area contributed by atoms with Crippen LogP contribution in [-0.2, 0) is 11.2 Å². The van der Waals surface area contributed by atoms with Crippen LogP contribution in [0.3, 0.4) is 0 Å². The van der Waals surface area contributed by atoms with E-state index in [1.54, 1.807) is 6.92 Å². The highest BCUT2D eigenvalue weighted by Crippen LogP contribution is 2.23. The van der Waals surface area contributed by atoms with Crippen LogP contribution in [0.15, 0.2) is 29.3 Å². The van der Waals surface area contributed by atoms with Crippen LogP contribution >= 0.6 is 11.8 Å². The van der Waals surface area contributed by atoms with Gasteiger partial charge >= 0.3 is 0 Å². The van der Waals surface area contributed by atoms with Crippen molar-refractivity contribution in [3.8, 4) is 6.07 Å². The van der Waals surface area contributed by atoms with E-state index in [2.05, 4.69) is 35.2 Å². The van der Waals surface area contributed by atoms with E-state index in [4.69, 9.17) is 0 Å². The number of carbonyl (C=O) groups is 1. The second kappa shape index (κ2) is 8.63. The Morgan fingerprint density at radius 1 is 1.36 bits per heavy atom. The Labute approximate surface area is 152 Å². The molecule has 0 saturated heterocycles. The first-order chi connectivity index (χ1) is 11.9. The van der Waals surface area contributed by atoms with Gasteiger partial charge in [-0.1, -0.05) is 44.7 Å². The lowest BCUT2D eigenvalue weighted by Gasteiger charge is -2.10. The number of nitrogens with one attached hydrogen (secondary N) is 1. The third kappa shape index (κ3) is 5.04. The van der Waals surface area contributed by atoms with E-state index >= 15 is 0 Å². The minimum Gasteiger partial charge on any atom is -0.325 e. The van der Waals surface area contributed by atoms with Crippen LogP contribution in [0.5, 0.6) is 0 Å². The van der Waals surface area contributed by atoms with Crippen LogP contribution in [0.4, 0.5) is 5.69 Å². The zero-order valence-electron chi connectivity index (χ0n) is 15.0. The van der Waals surface area contributed by atoms with Gasteiger partial charge in [-0.2, -0.15) is 5.26 Å². The topological polar surface area (TPSA) is 78.7 Å². The van der Waals surface area contributed by atoms with Gasteiger partial charge in [-0.05, 0) is 30.5 Å². The Balaban J connectivity index is 2.07. The number of aromatic nitrogens is 2. The van der Waals surface area contributed by atoms with Crippen molar-refractivity contribution in [1.82, 2.24) is 9.97 Å². The molecule has 0 radical (unpaired) electrons. The average molecular weight is 354 g/mol. The maximum Gasteiger partial charge on any atom is 0.234 e. The number of rotatable bonds is 6. The monoisotopic (exact) mass is 354 g/mol. The van der Waals surface area contributed by atoms with E-state index in [0.29, 0.717) is 34.4 Å². The molecule has 0 spiro atoms. The quantitative estimate of drug-likeness (QED) is 0.625. The molecule has 1 heterocycles. The van der Waals surface area contributed by atoms with Crippen LogP contribution < -0.4 is 5.32 Å². The molecule has 1 aromatic heterocycles. The summed E-state index contributed by atoms with van der Waals surface area (Å²) in [6, 6.07) is 9.97. The van der Waals surface area contributed by atoms with Gasteiger partial charge < -0.3 is 5.32 Å². The maximum absolute atomic E-state index is 12.2. The fourth-order valence-electron chi connectivity index (χ4n) is 2.30. The van der Waals surface area contributed by atoms with Gasteiger partial charge in [0.25, 0.3) is 0 Å². The summed E-state index contributed by atoms with van der Waals surface area (Å²) in [5.41, 5.74) is 3.06. The number of thioether (sulfide) groups is 1. The van der Waals surface area contributed by atoms with Crippen LogP contribution in [0.1, 0.15) is 49.3 Å². The Kier molecular flexibility index (Phi) is 6.54. The molecule has 0 saturated carbocycles. The van der Waals surface area contributed by atoms with Gasteiger partial charge in [0.15, 0.2) is 0 Å². The van der Waals surface area contributed by atoms with Crippen molar-refractivity contribution >= 4 is 23.4 Å². The highest BCUT2D eigenvalue weighted by atomic mass is 32.2. The second-order valence-corrected chi connectivity index (χ2v) is 6.95. The minimum absolute atomic E-state index is 0.121. The van der Waals surface area contributed by atoms with Gasteiger partial charge in [-0.3, -0.25) is 4.79 Å². The summed E-state index contributed by atoms with van der Waals surface area (Å²) in [5.74, 6) is 1.16. The molecule has 25 heavy (non-hydrogen) atoms. The molecule has 2 rings (SSSR count). The average Bonchev–Trinajstić information content (AvgIpc) is 2.59. The van der Waals surface area contributed by atoms with Crippen molar-refractivity contribution in [2.24, 2.45) is 0 Å². The predicted molar refractivity (Wildman–Crippen MR) is 101 cm³/mol. The van der Waals surface area contributed by atoms with Crippen molar-refractivity contribution in [3.05, 3.63) is 46.9 Å². The SMILES string of the molecule is CCc1nc(C)c(C#N)c(SCC(=O)Nc2cccc(C(C)C)c2)n1. The molecule has 5 nitrogen and oxygen atoms in total. The van der Waals surface area contributed by atoms with E-state index in [9.17, 15) is 10.1 Å². The van der Waals surface area contributed by atoms with Gasteiger partial charge in [0.1, 0.15) is 22.5 Å². The van der Waals surface area contributed by atoms with Crippen molar-refractivity contribution in [3.63, 3.8) is 0 Å². The molecule has 0 bridgehead atoms. The van der Waals surface area contributed by atoms with Crippen molar-refractivity contribution in [2.75, 3.05) is 11.1 Å². The number of nitriles is 1. The van der Waals surface area contributed by atoms with Gasteiger partial charge in [-0.15, -0.1) is 0 Å². The molecule has 0 aliphatic heterocycles. The normalized spacial score (nSPS) is 10.6. The lowest BCUT2D eigenvalue weighted by Crippen LogP contribution is -2.15. The van der Waals surface area contributed by atoms with Gasteiger partial charge in [0, 0.05) is 12.1 Å². The molecule has 6 heteroatoms. The number of hydrogen-bond acceptors (Lipinski definition) is 5. The molecule has 0 atom stereocenters. The third-order valence-electron chi connectivity index (χ3n) is 3.71. The molecule has 0 aliphatic rings. The van der Waals surface area contributed by atoms with Gasteiger partial charge in [0.2, 0.25) is 5.91 Å². The fourth-order valence-corrected chi connectivity index (χ4v) is 3.15. The molecule has 1 aromatic carbocycles. The van der Waals surface area contributed by atoms with Gasteiger partial charge in [0.05, 0.1) is 11.4 Å². The number of aryl methyl sites for hydroxylation is 2. The molecule has 1 N–H and O–H groups in total. The van der Waals surface area contributed by atoms with E-state index < -0.39 is 0 Å². The molecule has 0 aliphatic carbocycles. The minimum atomic E-state index is -0.121. The van der Waals surface area contributed by atoms with E-state index in [-0.39, 0.29) is 11.7 Å². The maximum atomic E-state index is 12.2. The predicted octanol–water partition coefficient (Wildman–Crippen LogP) is 4.07. The van der Waals surface area contributed by atoms with Crippen LogP contribution in [0, 0.1) is 18.3 Å². The first kappa shape index (κ1) is 18.9. The van der Waals surface area contributed by atoms with Crippen molar-refractivity contribution in [2.45, 2.75) is 45.1 Å². The Morgan fingerprint density at radius 3 is 2.76 bits per heavy atom. The van der Waals surface area contributed by atoms with Crippen molar-refractivity contribution < 1.29 is 4.79 Å². The first-order valence-electron chi connectivity index (χ1n) is 8.24. The smallest absolute Gasteiger partial charge is 0.234 e. The van der Waals surface area contributed by atoms with E-state index in [0.717, 1.165) is 5.69 Å². The van der Waals surface area contributed by atoms with Gasteiger partial charge in [-0.25, -0.2) is 9.97 Å². The summed E-state index contributed by atoms with van der Waals surface area (Å²) in [6.45, 7) is 7.98. The Morgan fingerprint density at radius 2 is 2.12 bits per heavy atom. The highest BCUT2D eigenvalue weighted by Gasteiger charge is 2.13. The zero-order chi connectivity index (χ0) is 18.4. The summed E-state index contributed by atoms with van der Waals surface area (Å²) < 4.78 is 0. The zero-order valence-corrected chi connectivity index (χ0v) is 15.8. The second-order valence-electron chi connectivity index (χ2n) is 5.99.